The van der Waals surface area contributed by atoms with Gasteiger partial charge in [-0.25, -0.2) is 4.98 Å². The van der Waals surface area contributed by atoms with Gasteiger partial charge in [0.15, 0.2) is 0 Å². The van der Waals surface area contributed by atoms with Crippen LogP contribution >= 0.6 is 11.6 Å². The van der Waals surface area contributed by atoms with Crippen molar-refractivity contribution >= 4 is 28.4 Å². The Balaban J connectivity index is 2.20. The zero-order valence-corrected chi connectivity index (χ0v) is 18.6. The third-order valence-electron chi connectivity index (χ3n) is 4.93. The lowest BCUT2D eigenvalue weighted by Crippen LogP contribution is -2.37. The molecule has 3 rings (SSSR count). The molecule has 0 bridgehead atoms. The van der Waals surface area contributed by atoms with Crippen LogP contribution in [0.3, 0.4) is 0 Å². The quantitative estimate of drug-likeness (QED) is 0.459. The van der Waals surface area contributed by atoms with E-state index in [1.54, 1.807) is 0 Å². The summed E-state index contributed by atoms with van der Waals surface area (Å²) < 4.78 is 0. The van der Waals surface area contributed by atoms with Gasteiger partial charge in [0.1, 0.15) is 0 Å². The SMILES string of the molecule is Cc1c(-c2ccc(Cl)cc2)nc2ccccc2c1C(=O)N(CC(C)C)CC(C)C. The number of pyridine rings is 1. The first-order valence-electron chi connectivity index (χ1n) is 10.2. The van der Waals surface area contributed by atoms with E-state index in [0.717, 1.165) is 46.4 Å². The summed E-state index contributed by atoms with van der Waals surface area (Å²) in [7, 11) is 0. The van der Waals surface area contributed by atoms with E-state index in [1.807, 2.05) is 60.4 Å². The normalized spacial score (nSPS) is 11.4. The molecule has 3 aromatic rings. The minimum atomic E-state index is 0.0821. The predicted octanol–water partition coefficient (Wildman–Crippen LogP) is 6.62. The molecular weight excluding hydrogens is 380 g/mol. The topological polar surface area (TPSA) is 33.2 Å². The molecule has 0 fully saturated rings. The molecule has 1 heterocycles. The highest BCUT2D eigenvalue weighted by molar-refractivity contribution is 6.30. The largest absolute Gasteiger partial charge is 0.338 e. The van der Waals surface area contributed by atoms with Gasteiger partial charge in [-0.1, -0.05) is 69.6 Å². The number of fused-ring (bicyclic) bond motifs is 1. The summed E-state index contributed by atoms with van der Waals surface area (Å²) in [6.45, 7) is 12.1. The van der Waals surface area contributed by atoms with Gasteiger partial charge in [-0.3, -0.25) is 4.79 Å². The zero-order chi connectivity index (χ0) is 21.1. The molecule has 0 aliphatic rings. The maximum atomic E-state index is 13.8. The van der Waals surface area contributed by atoms with Gasteiger partial charge < -0.3 is 4.90 Å². The molecule has 3 nitrogen and oxygen atoms in total. The van der Waals surface area contributed by atoms with Crippen LogP contribution in [0.15, 0.2) is 48.5 Å². The van der Waals surface area contributed by atoms with Gasteiger partial charge >= 0.3 is 0 Å². The van der Waals surface area contributed by atoms with Gasteiger partial charge in [-0.05, 0) is 42.5 Å². The van der Waals surface area contributed by atoms with Crippen molar-refractivity contribution < 1.29 is 4.79 Å². The van der Waals surface area contributed by atoms with Crippen LogP contribution in [-0.4, -0.2) is 28.9 Å². The monoisotopic (exact) mass is 408 g/mol. The number of carbonyl (C=O) groups is 1. The Morgan fingerprint density at radius 2 is 1.55 bits per heavy atom. The number of carbonyl (C=O) groups excluding carboxylic acids is 1. The van der Waals surface area contributed by atoms with E-state index in [2.05, 4.69) is 27.7 Å². The van der Waals surface area contributed by atoms with Crippen LogP contribution in [0.25, 0.3) is 22.2 Å². The fourth-order valence-electron chi connectivity index (χ4n) is 3.75. The molecule has 4 heteroatoms. The number of nitrogens with zero attached hydrogens (tertiary/aromatic N) is 2. The van der Waals surface area contributed by atoms with Crippen LogP contribution in [0.4, 0.5) is 0 Å². The van der Waals surface area contributed by atoms with Crippen molar-refractivity contribution in [1.82, 2.24) is 9.88 Å². The van der Waals surface area contributed by atoms with Gasteiger partial charge in [-0.15, -0.1) is 0 Å². The Kier molecular flexibility index (Phi) is 6.59. The molecule has 0 unspecified atom stereocenters. The number of benzene rings is 2. The smallest absolute Gasteiger partial charge is 0.254 e. The highest BCUT2D eigenvalue weighted by atomic mass is 35.5. The van der Waals surface area contributed by atoms with Crippen LogP contribution < -0.4 is 0 Å². The van der Waals surface area contributed by atoms with Crippen LogP contribution in [0.5, 0.6) is 0 Å². The van der Waals surface area contributed by atoms with Gasteiger partial charge in [0.05, 0.1) is 16.8 Å². The first-order valence-corrected chi connectivity index (χ1v) is 10.6. The van der Waals surface area contributed by atoms with Crippen molar-refractivity contribution in [3.63, 3.8) is 0 Å². The molecule has 152 valence electrons. The van der Waals surface area contributed by atoms with Crippen molar-refractivity contribution in [2.75, 3.05) is 13.1 Å². The number of halogens is 1. The molecule has 0 aliphatic carbocycles. The Labute approximate surface area is 178 Å². The molecule has 0 saturated carbocycles. The molecule has 1 amide bonds. The van der Waals surface area contributed by atoms with E-state index in [0.29, 0.717) is 16.9 Å². The minimum absolute atomic E-state index is 0.0821. The Morgan fingerprint density at radius 1 is 0.966 bits per heavy atom. The number of para-hydroxylation sites is 1. The van der Waals surface area contributed by atoms with Crippen molar-refractivity contribution in [2.45, 2.75) is 34.6 Å². The van der Waals surface area contributed by atoms with Crippen LogP contribution in [0, 0.1) is 18.8 Å². The molecule has 0 aliphatic heterocycles. The Morgan fingerprint density at radius 3 is 2.14 bits per heavy atom. The summed E-state index contributed by atoms with van der Waals surface area (Å²) in [5.74, 6) is 0.891. The number of hydrogen-bond donors (Lipinski definition) is 0. The highest BCUT2D eigenvalue weighted by Gasteiger charge is 2.24. The van der Waals surface area contributed by atoms with Crippen molar-refractivity contribution in [1.29, 1.82) is 0 Å². The van der Waals surface area contributed by atoms with Crippen molar-refractivity contribution in [2.24, 2.45) is 11.8 Å². The zero-order valence-electron chi connectivity index (χ0n) is 17.9. The van der Waals surface area contributed by atoms with E-state index in [-0.39, 0.29) is 5.91 Å². The lowest BCUT2D eigenvalue weighted by molar-refractivity contribution is 0.0716. The molecule has 29 heavy (non-hydrogen) atoms. The van der Waals surface area contributed by atoms with Gasteiger partial charge in [0.2, 0.25) is 0 Å². The number of hydrogen-bond acceptors (Lipinski definition) is 2. The second-order valence-corrected chi connectivity index (χ2v) is 8.92. The number of amides is 1. The fourth-order valence-corrected chi connectivity index (χ4v) is 3.88. The Bertz CT molecular complexity index is 999. The van der Waals surface area contributed by atoms with Crippen LogP contribution in [-0.2, 0) is 0 Å². The second kappa shape index (κ2) is 8.96. The molecule has 0 radical (unpaired) electrons. The summed E-state index contributed by atoms with van der Waals surface area (Å²) >= 11 is 6.07. The first kappa shape index (κ1) is 21.3. The minimum Gasteiger partial charge on any atom is -0.338 e. The molecule has 0 atom stereocenters. The maximum absolute atomic E-state index is 13.8. The highest BCUT2D eigenvalue weighted by Crippen LogP contribution is 2.31. The van der Waals surface area contributed by atoms with Crippen molar-refractivity contribution in [3.8, 4) is 11.3 Å². The van der Waals surface area contributed by atoms with Gasteiger partial charge in [0, 0.05) is 29.1 Å². The maximum Gasteiger partial charge on any atom is 0.254 e. The third kappa shape index (κ3) is 4.79. The van der Waals surface area contributed by atoms with E-state index >= 15 is 0 Å². The fraction of sp³-hybridized carbons (Fsp3) is 0.360. The summed E-state index contributed by atoms with van der Waals surface area (Å²) in [6.07, 6.45) is 0. The molecule has 0 N–H and O–H groups in total. The molecule has 2 aromatic carbocycles. The number of aromatic nitrogens is 1. The lowest BCUT2D eigenvalue weighted by atomic mass is 9.96. The van der Waals surface area contributed by atoms with E-state index in [1.165, 1.54) is 0 Å². The summed E-state index contributed by atoms with van der Waals surface area (Å²) in [5.41, 5.74) is 4.29. The third-order valence-corrected chi connectivity index (χ3v) is 5.18. The van der Waals surface area contributed by atoms with Gasteiger partial charge in [0.25, 0.3) is 5.91 Å². The Hall–Kier alpha value is -2.39. The van der Waals surface area contributed by atoms with E-state index < -0.39 is 0 Å². The summed E-state index contributed by atoms with van der Waals surface area (Å²) in [5, 5.41) is 1.59. The molecule has 1 aromatic heterocycles. The van der Waals surface area contributed by atoms with Crippen LogP contribution in [0.2, 0.25) is 5.02 Å². The molecular formula is C25H29ClN2O. The lowest BCUT2D eigenvalue weighted by Gasteiger charge is -2.28. The van der Waals surface area contributed by atoms with Crippen LogP contribution in [0.1, 0.15) is 43.6 Å². The second-order valence-electron chi connectivity index (χ2n) is 8.48. The standard InChI is InChI=1S/C25H29ClN2O/c1-16(2)14-28(15-17(3)4)25(29)23-18(5)24(19-10-12-20(26)13-11-19)27-22-9-7-6-8-21(22)23/h6-13,16-17H,14-15H2,1-5H3. The average Bonchev–Trinajstić information content (AvgIpc) is 2.66. The van der Waals surface area contributed by atoms with E-state index in [9.17, 15) is 4.79 Å². The molecule has 0 spiro atoms. The first-order chi connectivity index (χ1) is 13.8. The molecule has 0 saturated heterocycles. The van der Waals surface area contributed by atoms with E-state index in [4.69, 9.17) is 16.6 Å². The predicted molar refractivity (Wildman–Crippen MR) is 123 cm³/mol. The summed E-state index contributed by atoms with van der Waals surface area (Å²) in [4.78, 5) is 20.6. The van der Waals surface area contributed by atoms with Gasteiger partial charge in [-0.2, -0.15) is 0 Å². The average molecular weight is 409 g/mol. The number of rotatable bonds is 6. The summed E-state index contributed by atoms with van der Waals surface area (Å²) in [6, 6.07) is 15.5. The van der Waals surface area contributed by atoms with Crippen molar-refractivity contribution in [3.05, 3.63) is 64.7 Å².